The maximum Gasteiger partial charge on any atom is 0.236 e. The van der Waals surface area contributed by atoms with E-state index < -0.39 is 5.60 Å². The van der Waals surface area contributed by atoms with E-state index in [-0.39, 0.29) is 18.3 Å². The molecule has 0 aliphatic carbocycles. The van der Waals surface area contributed by atoms with Crippen LogP contribution in [-0.4, -0.2) is 53.1 Å². The van der Waals surface area contributed by atoms with Gasteiger partial charge >= 0.3 is 0 Å². The van der Waals surface area contributed by atoms with Crippen LogP contribution in [0, 0.1) is 5.82 Å². The Morgan fingerprint density at radius 3 is 2.33 bits per heavy atom. The third-order valence-corrected chi connectivity index (χ3v) is 3.18. The smallest absolute Gasteiger partial charge is 0.236 e. The van der Waals surface area contributed by atoms with E-state index in [1.807, 2.05) is 11.8 Å². The molecule has 0 atom stereocenters. The molecule has 5 heteroatoms. The zero-order chi connectivity index (χ0) is 16.0. The van der Waals surface area contributed by atoms with Crippen LogP contribution in [0.15, 0.2) is 24.3 Å². The van der Waals surface area contributed by atoms with Crippen molar-refractivity contribution in [3.63, 3.8) is 0 Å². The van der Waals surface area contributed by atoms with Crippen LogP contribution >= 0.6 is 0 Å². The number of aliphatic hydroxyl groups is 1. The summed E-state index contributed by atoms with van der Waals surface area (Å²) in [6, 6.07) is 6.13. The quantitative estimate of drug-likeness (QED) is 0.835. The summed E-state index contributed by atoms with van der Waals surface area (Å²) in [4.78, 5) is 15.7. The fraction of sp³-hybridized carbons (Fsp3) is 0.562. The molecule has 0 bridgehead atoms. The van der Waals surface area contributed by atoms with E-state index in [0.717, 1.165) is 5.56 Å². The van der Waals surface area contributed by atoms with E-state index in [0.29, 0.717) is 19.6 Å². The minimum Gasteiger partial charge on any atom is -0.389 e. The molecule has 1 rings (SSSR count). The second-order valence-electron chi connectivity index (χ2n) is 5.99. The van der Waals surface area contributed by atoms with Crippen molar-refractivity contribution in [2.24, 2.45) is 0 Å². The highest BCUT2D eigenvalue weighted by Gasteiger charge is 2.20. The van der Waals surface area contributed by atoms with E-state index in [1.54, 1.807) is 37.9 Å². The van der Waals surface area contributed by atoms with E-state index in [9.17, 15) is 14.3 Å². The molecule has 0 radical (unpaired) electrons. The Bertz CT molecular complexity index is 454. The van der Waals surface area contributed by atoms with Gasteiger partial charge in [-0.25, -0.2) is 4.39 Å². The van der Waals surface area contributed by atoms with Crippen LogP contribution in [-0.2, 0) is 11.3 Å². The molecular formula is C16H25FN2O2. The van der Waals surface area contributed by atoms with Crippen molar-refractivity contribution in [2.75, 3.05) is 26.7 Å². The van der Waals surface area contributed by atoms with Crippen LogP contribution in [0.25, 0.3) is 0 Å². The second-order valence-corrected chi connectivity index (χ2v) is 5.99. The number of likely N-dealkylation sites (N-methyl/N-ethyl adjacent to an activating group) is 2. The minimum absolute atomic E-state index is 0.0228. The lowest BCUT2D eigenvalue weighted by molar-refractivity contribution is -0.132. The Morgan fingerprint density at radius 1 is 1.29 bits per heavy atom. The summed E-state index contributed by atoms with van der Waals surface area (Å²) in [5.41, 5.74) is 0.0593. The second kappa shape index (κ2) is 7.52. The molecule has 4 nitrogen and oxygen atoms in total. The van der Waals surface area contributed by atoms with Crippen LogP contribution in [0.2, 0.25) is 0 Å². The van der Waals surface area contributed by atoms with E-state index in [1.165, 1.54) is 12.1 Å². The number of nitrogens with zero attached hydrogens (tertiary/aromatic N) is 2. The van der Waals surface area contributed by atoms with Crippen LogP contribution in [0.1, 0.15) is 26.3 Å². The molecule has 0 aliphatic heterocycles. The predicted octanol–water partition coefficient (Wildman–Crippen LogP) is 1.88. The normalized spacial score (nSPS) is 11.8. The van der Waals surface area contributed by atoms with Crippen molar-refractivity contribution in [3.05, 3.63) is 35.6 Å². The first-order valence-corrected chi connectivity index (χ1v) is 7.14. The van der Waals surface area contributed by atoms with Gasteiger partial charge in [0.15, 0.2) is 0 Å². The molecule has 0 aliphatic rings. The summed E-state index contributed by atoms with van der Waals surface area (Å²) < 4.78 is 12.8. The molecule has 0 spiro atoms. The average Bonchev–Trinajstić information content (AvgIpc) is 2.38. The number of amides is 1. The summed E-state index contributed by atoms with van der Waals surface area (Å²) in [5, 5.41) is 9.83. The van der Waals surface area contributed by atoms with Crippen molar-refractivity contribution in [3.8, 4) is 0 Å². The van der Waals surface area contributed by atoms with Crippen LogP contribution < -0.4 is 0 Å². The van der Waals surface area contributed by atoms with Gasteiger partial charge in [0.1, 0.15) is 5.82 Å². The highest BCUT2D eigenvalue weighted by molar-refractivity contribution is 5.78. The standard InChI is InChI=1S/C16H25FN2O2/c1-5-19(12-16(2,3)21)11-15(20)18(4)10-13-6-8-14(17)9-7-13/h6-9,21H,5,10-12H2,1-4H3. The zero-order valence-corrected chi connectivity index (χ0v) is 13.3. The molecule has 0 saturated carbocycles. The van der Waals surface area contributed by atoms with Gasteiger partial charge in [-0.05, 0) is 38.1 Å². The monoisotopic (exact) mass is 296 g/mol. The van der Waals surface area contributed by atoms with Crippen LogP contribution in [0.5, 0.6) is 0 Å². The van der Waals surface area contributed by atoms with Gasteiger partial charge in [-0.3, -0.25) is 9.69 Å². The van der Waals surface area contributed by atoms with E-state index in [2.05, 4.69) is 0 Å². The van der Waals surface area contributed by atoms with Crippen molar-refractivity contribution >= 4 is 5.91 Å². The minimum atomic E-state index is -0.828. The van der Waals surface area contributed by atoms with Crippen LogP contribution in [0.4, 0.5) is 4.39 Å². The zero-order valence-electron chi connectivity index (χ0n) is 13.3. The lowest BCUT2D eigenvalue weighted by Crippen LogP contribution is -2.44. The number of hydrogen-bond donors (Lipinski definition) is 1. The first-order chi connectivity index (χ1) is 9.71. The molecule has 0 heterocycles. The van der Waals surface area contributed by atoms with Gasteiger partial charge in [0.05, 0.1) is 12.1 Å². The summed E-state index contributed by atoms with van der Waals surface area (Å²) in [6.45, 7) is 7.25. The molecule has 1 aromatic carbocycles. The van der Waals surface area contributed by atoms with Gasteiger partial charge in [-0.1, -0.05) is 19.1 Å². The summed E-state index contributed by atoms with van der Waals surface area (Å²) in [6.07, 6.45) is 0. The number of carbonyl (C=O) groups excluding carboxylic acids is 1. The highest BCUT2D eigenvalue weighted by Crippen LogP contribution is 2.08. The molecule has 0 aromatic heterocycles. The number of rotatable bonds is 7. The Labute approximate surface area is 126 Å². The third kappa shape index (κ3) is 6.69. The first-order valence-electron chi connectivity index (χ1n) is 7.14. The predicted molar refractivity (Wildman–Crippen MR) is 81.3 cm³/mol. The average molecular weight is 296 g/mol. The SMILES string of the molecule is CCN(CC(=O)N(C)Cc1ccc(F)cc1)CC(C)(C)O. The summed E-state index contributed by atoms with van der Waals surface area (Å²) >= 11 is 0. The van der Waals surface area contributed by atoms with Gasteiger partial charge in [-0.2, -0.15) is 0 Å². The van der Waals surface area contributed by atoms with Gasteiger partial charge in [0, 0.05) is 20.1 Å². The number of hydrogen-bond acceptors (Lipinski definition) is 3. The maximum atomic E-state index is 12.8. The maximum absolute atomic E-state index is 12.8. The summed E-state index contributed by atoms with van der Waals surface area (Å²) in [5.74, 6) is -0.305. The van der Waals surface area contributed by atoms with Crippen molar-refractivity contribution in [1.29, 1.82) is 0 Å². The molecule has 1 amide bonds. The lowest BCUT2D eigenvalue weighted by atomic mass is 10.1. The van der Waals surface area contributed by atoms with Gasteiger partial charge in [0.25, 0.3) is 0 Å². The van der Waals surface area contributed by atoms with E-state index in [4.69, 9.17) is 0 Å². The Kier molecular flexibility index (Phi) is 6.30. The molecule has 118 valence electrons. The van der Waals surface area contributed by atoms with Crippen molar-refractivity contribution < 1.29 is 14.3 Å². The largest absolute Gasteiger partial charge is 0.389 e. The molecule has 21 heavy (non-hydrogen) atoms. The number of carbonyl (C=O) groups is 1. The third-order valence-electron chi connectivity index (χ3n) is 3.18. The Balaban J connectivity index is 2.55. The van der Waals surface area contributed by atoms with E-state index >= 15 is 0 Å². The Morgan fingerprint density at radius 2 is 1.86 bits per heavy atom. The molecule has 1 aromatic rings. The van der Waals surface area contributed by atoms with Gasteiger partial charge in [0.2, 0.25) is 5.91 Å². The van der Waals surface area contributed by atoms with Gasteiger partial charge < -0.3 is 10.0 Å². The first kappa shape index (κ1) is 17.6. The number of benzene rings is 1. The van der Waals surface area contributed by atoms with Crippen molar-refractivity contribution in [2.45, 2.75) is 32.9 Å². The Hall–Kier alpha value is -1.46. The fourth-order valence-electron chi connectivity index (χ4n) is 2.09. The van der Waals surface area contributed by atoms with Crippen molar-refractivity contribution in [1.82, 2.24) is 9.80 Å². The fourth-order valence-corrected chi connectivity index (χ4v) is 2.09. The molecule has 0 saturated heterocycles. The molecule has 0 fully saturated rings. The topological polar surface area (TPSA) is 43.8 Å². The lowest BCUT2D eigenvalue weighted by Gasteiger charge is -2.29. The highest BCUT2D eigenvalue weighted by atomic mass is 19.1. The van der Waals surface area contributed by atoms with Crippen LogP contribution in [0.3, 0.4) is 0 Å². The summed E-state index contributed by atoms with van der Waals surface area (Å²) in [7, 11) is 1.73. The number of halogens is 1. The molecule has 1 N–H and O–H groups in total. The molecule has 0 unspecified atom stereocenters. The molecular weight excluding hydrogens is 271 g/mol. The van der Waals surface area contributed by atoms with Gasteiger partial charge in [-0.15, -0.1) is 0 Å².